The summed E-state index contributed by atoms with van der Waals surface area (Å²) in [5.41, 5.74) is -0.532. The molecule has 36 heavy (non-hydrogen) atoms. The predicted molar refractivity (Wildman–Crippen MR) is 137 cm³/mol. The predicted octanol–water partition coefficient (Wildman–Crippen LogP) is 0.00660. The molecule has 4 amide bonds. The number of hydrogen-bond acceptors (Lipinski definition) is 7. The average Bonchev–Trinajstić information content (AvgIpc) is 3.29. The van der Waals surface area contributed by atoms with Crippen molar-refractivity contribution in [2.45, 2.75) is 81.2 Å². The van der Waals surface area contributed by atoms with Crippen molar-refractivity contribution in [3.05, 3.63) is 30.3 Å². The molecule has 0 saturated carbocycles. The van der Waals surface area contributed by atoms with Gasteiger partial charge in [0.1, 0.15) is 18.1 Å². The highest BCUT2D eigenvalue weighted by atomic mass is 32.2. The van der Waals surface area contributed by atoms with Crippen molar-refractivity contribution >= 4 is 35.4 Å². The van der Waals surface area contributed by atoms with E-state index in [-0.39, 0.29) is 11.8 Å². The molecule has 0 radical (unpaired) electrons. The molecule has 1 aromatic carbocycles. The van der Waals surface area contributed by atoms with Gasteiger partial charge >= 0.3 is 0 Å². The topological polar surface area (TPSA) is 140 Å². The van der Waals surface area contributed by atoms with Gasteiger partial charge in [-0.1, -0.05) is 18.2 Å². The third kappa shape index (κ3) is 7.21. The van der Waals surface area contributed by atoms with Crippen LogP contribution in [0.4, 0.5) is 0 Å². The Morgan fingerprint density at radius 2 is 1.78 bits per heavy atom. The Morgan fingerprint density at radius 1 is 1.08 bits per heavy atom. The quantitative estimate of drug-likeness (QED) is 0.345. The van der Waals surface area contributed by atoms with Gasteiger partial charge < -0.3 is 26.4 Å². The van der Waals surface area contributed by atoms with E-state index >= 15 is 0 Å². The van der Waals surface area contributed by atoms with E-state index in [1.165, 1.54) is 18.7 Å². The first-order valence-corrected chi connectivity index (χ1v) is 13.3. The minimum Gasteiger partial charge on any atom is -0.394 e. The standard InChI is InChI=1S/C25H37N5O5S/c1-15-21(32)27-17(13-31)22(33)28-18(14-36-16-9-6-5-7-10-16)20(24(35)29-25(2,3)4)30-12-8-11-19(30)23(34)26-15/h5-7,9-10,15,17-20,31H,8,11-14H2,1-4H3,(H,26,34)(H,27,32)(H,28,33)(H,29,35)/t15-,17+,18+,19+,20+/m1/s1. The van der Waals surface area contributed by atoms with Crippen LogP contribution < -0.4 is 21.3 Å². The first kappa shape index (κ1) is 27.9. The summed E-state index contributed by atoms with van der Waals surface area (Å²) < 4.78 is 0. The number of hydrogen-bond donors (Lipinski definition) is 5. The van der Waals surface area contributed by atoms with Gasteiger partial charge in [0.2, 0.25) is 23.6 Å². The Balaban J connectivity index is 2.03. The summed E-state index contributed by atoms with van der Waals surface area (Å²) in [5.74, 6) is -1.46. The van der Waals surface area contributed by atoms with Crippen molar-refractivity contribution in [2.75, 3.05) is 18.9 Å². The molecule has 2 saturated heterocycles. The number of fused-ring (bicyclic) bond motifs is 1. The summed E-state index contributed by atoms with van der Waals surface area (Å²) in [6, 6.07) is 5.31. The van der Waals surface area contributed by atoms with Crippen LogP contribution in [0, 0.1) is 0 Å². The van der Waals surface area contributed by atoms with E-state index in [0.717, 1.165) is 4.90 Å². The van der Waals surface area contributed by atoms with Gasteiger partial charge in [-0.3, -0.25) is 24.1 Å². The second-order valence-electron chi connectivity index (χ2n) is 10.3. The van der Waals surface area contributed by atoms with Crippen molar-refractivity contribution in [2.24, 2.45) is 0 Å². The summed E-state index contributed by atoms with van der Waals surface area (Å²) >= 11 is 1.48. The average molecular weight is 520 g/mol. The molecular formula is C25H37N5O5S. The van der Waals surface area contributed by atoms with Gasteiger partial charge in [-0.05, 0) is 59.2 Å². The van der Waals surface area contributed by atoms with Crippen LogP contribution in [0.3, 0.4) is 0 Å². The summed E-state index contributed by atoms with van der Waals surface area (Å²) in [6.45, 7) is 7.02. The van der Waals surface area contributed by atoms with Crippen LogP contribution in [0.15, 0.2) is 35.2 Å². The Morgan fingerprint density at radius 3 is 2.42 bits per heavy atom. The third-order valence-electron chi connectivity index (χ3n) is 6.17. The normalized spacial score (nSPS) is 28.1. The molecule has 1 aromatic rings. The molecule has 0 spiro atoms. The lowest BCUT2D eigenvalue weighted by Gasteiger charge is -2.39. The summed E-state index contributed by atoms with van der Waals surface area (Å²) in [5, 5.41) is 21.0. The van der Waals surface area contributed by atoms with Crippen LogP contribution in [0.2, 0.25) is 0 Å². The van der Waals surface area contributed by atoms with Crippen LogP contribution >= 0.6 is 11.8 Å². The molecule has 0 unspecified atom stereocenters. The molecule has 0 aromatic heterocycles. The lowest BCUT2D eigenvalue weighted by molar-refractivity contribution is -0.138. The number of aliphatic hydroxyl groups is 1. The summed E-state index contributed by atoms with van der Waals surface area (Å²) in [6.07, 6.45) is 1.23. The largest absolute Gasteiger partial charge is 0.394 e. The Labute approximate surface area is 216 Å². The molecule has 2 fully saturated rings. The Bertz CT molecular complexity index is 954. The monoisotopic (exact) mass is 519 g/mol. The van der Waals surface area contributed by atoms with Crippen molar-refractivity contribution in [1.82, 2.24) is 26.2 Å². The van der Waals surface area contributed by atoms with E-state index in [9.17, 15) is 24.3 Å². The molecule has 10 nitrogen and oxygen atoms in total. The molecule has 5 atom stereocenters. The van der Waals surface area contributed by atoms with E-state index in [1.807, 2.05) is 56.0 Å². The van der Waals surface area contributed by atoms with Crippen molar-refractivity contribution < 1.29 is 24.3 Å². The number of rotatable bonds is 5. The van der Waals surface area contributed by atoms with Crippen LogP contribution in [-0.2, 0) is 19.2 Å². The van der Waals surface area contributed by atoms with Crippen LogP contribution in [0.5, 0.6) is 0 Å². The highest BCUT2D eigenvalue weighted by Gasteiger charge is 2.45. The zero-order chi connectivity index (χ0) is 26.5. The maximum absolute atomic E-state index is 13.7. The molecule has 0 bridgehead atoms. The van der Waals surface area contributed by atoms with Crippen molar-refractivity contribution in [3.63, 3.8) is 0 Å². The van der Waals surface area contributed by atoms with E-state index in [0.29, 0.717) is 25.1 Å². The number of carbonyl (C=O) groups is 4. The fraction of sp³-hybridized carbons (Fsp3) is 0.600. The van der Waals surface area contributed by atoms with E-state index < -0.39 is 54.2 Å². The minimum atomic E-state index is -1.22. The molecule has 2 aliphatic rings. The van der Waals surface area contributed by atoms with Gasteiger partial charge in [0.15, 0.2) is 0 Å². The van der Waals surface area contributed by atoms with Gasteiger partial charge in [0.25, 0.3) is 0 Å². The zero-order valence-corrected chi connectivity index (χ0v) is 22.1. The maximum Gasteiger partial charge on any atom is 0.245 e. The van der Waals surface area contributed by atoms with Crippen LogP contribution in [-0.4, -0.2) is 88.3 Å². The highest BCUT2D eigenvalue weighted by molar-refractivity contribution is 7.99. The van der Waals surface area contributed by atoms with Gasteiger partial charge in [-0.15, -0.1) is 11.8 Å². The number of amides is 4. The van der Waals surface area contributed by atoms with E-state index in [2.05, 4.69) is 21.3 Å². The number of nitrogens with zero attached hydrogens (tertiary/aromatic N) is 1. The number of thioether (sulfide) groups is 1. The Hall–Kier alpha value is -2.63. The smallest absolute Gasteiger partial charge is 0.245 e. The van der Waals surface area contributed by atoms with E-state index in [4.69, 9.17) is 0 Å². The van der Waals surface area contributed by atoms with Crippen LogP contribution in [0.25, 0.3) is 0 Å². The molecule has 3 rings (SSSR count). The van der Waals surface area contributed by atoms with Gasteiger partial charge in [-0.25, -0.2) is 0 Å². The SMILES string of the molecule is C[C@H]1NC(=O)[C@@H]2CCCN2[C@H](C(=O)NC(C)(C)C)[C@H](CSc2ccccc2)NC(=O)[C@H](CO)NC1=O. The number of benzene rings is 1. The summed E-state index contributed by atoms with van der Waals surface area (Å²) in [4.78, 5) is 55.5. The van der Waals surface area contributed by atoms with Gasteiger partial charge in [0, 0.05) is 16.2 Å². The second-order valence-corrected chi connectivity index (χ2v) is 11.4. The molecule has 11 heteroatoms. The fourth-order valence-corrected chi connectivity index (χ4v) is 5.46. The fourth-order valence-electron chi connectivity index (χ4n) is 4.48. The molecule has 198 valence electrons. The molecule has 5 N–H and O–H groups in total. The lowest BCUT2D eigenvalue weighted by Crippen LogP contribution is -2.67. The number of carbonyl (C=O) groups excluding carboxylic acids is 4. The van der Waals surface area contributed by atoms with Gasteiger partial charge in [0.05, 0.1) is 18.7 Å². The first-order chi connectivity index (χ1) is 17.0. The first-order valence-electron chi connectivity index (χ1n) is 12.3. The number of aliphatic hydroxyl groups excluding tert-OH is 1. The van der Waals surface area contributed by atoms with Gasteiger partial charge in [-0.2, -0.15) is 0 Å². The van der Waals surface area contributed by atoms with Crippen molar-refractivity contribution in [3.8, 4) is 0 Å². The van der Waals surface area contributed by atoms with Crippen LogP contribution in [0.1, 0.15) is 40.5 Å². The highest BCUT2D eigenvalue weighted by Crippen LogP contribution is 2.27. The lowest BCUT2D eigenvalue weighted by atomic mass is 10.0. The molecule has 2 aliphatic heterocycles. The second kappa shape index (κ2) is 12.1. The Kier molecular flexibility index (Phi) is 9.37. The minimum absolute atomic E-state index is 0.296. The molecular weight excluding hydrogens is 482 g/mol. The molecule has 0 aliphatic carbocycles. The van der Waals surface area contributed by atoms with Crippen molar-refractivity contribution in [1.29, 1.82) is 0 Å². The molecule has 2 heterocycles. The van der Waals surface area contributed by atoms with E-state index in [1.54, 1.807) is 0 Å². The summed E-state index contributed by atoms with van der Waals surface area (Å²) in [7, 11) is 0. The maximum atomic E-state index is 13.7. The number of nitrogens with one attached hydrogen (secondary N) is 4. The third-order valence-corrected chi connectivity index (χ3v) is 7.30. The zero-order valence-electron chi connectivity index (χ0n) is 21.2.